The van der Waals surface area contributed by atoms with Gasteiger partial charge in [0, 0.05) is 11.1 Å². The lowest BCUT2D eigenvalue weighted by atomic mass is 9.97. The minimum absolute atomic E-state index is 0.0224. The molecule has 1 saturated heterocycles. The summed E-state index contributed by atoms with van der Waals surface area (Å²) in [6.45, 7) is 4.15. The van der Waals surface area contributed by atoms with Crippen molar-refractivity contribution in [2.75, 3.05) is 6.61 Å². The molecule has 2 unspecified atom stereocenters. The van der Waals surface area contributed by atoms with E-state index in [1.807, 2.05) is 6.92 Å². The molecule has 0 aliphatic carbocycles. The molecule has 1 aromatic carbocycles. The molecular weight excluding hydrogens is 337 g/mol. The van der Waals surface area contributed by atoms with Crippen molar-refractivity contribution in [2.24, 2.45) is 0 Å². The molecule has 1 fully saturated rings. The average molecular weight is 352 g/mol. The van der Waals surface area contributed by atoms with Gasteiger partial charge in [-0.15, -0.1) is 0 Å². The van der Waals surface area contributed by atoms with Crippen molar-refractivity contribution in [3.8, 4) is 0 Å². The van der Waals surface area contributed by atoms with Crippen LogP contribution in [0.1, 0.15) is 20.3 Å². The predicted octanol–water partition coefficient (Wildman–Crippen LogP) is 2.43. The van der Waals surface area contributed by atoms with Gasteiger partial charge in [0.25, 0.3) is 0 Å². The Labute approximate surface area is 120 Å². The van der Waals surface area contributed by atoms with E-state index in [-0.39, 0.29) is 15.5 Å². The fourth-order valence-corrected chi connectivity index (χ4v) is 4.57. The Bertz CT molecular complexity index is 593. The number of ether oxygens (including phenoxy) is 1. The molecule has 2 rings (SSSR count). The van der Waals surface area contributed by atoms with Gasteiger partial charge in [0.15, 0.2) is 0 Å². The first-order chi connectivity index (χ1) is 8.74. The lowest BCUT2D eigenvalue weighted by Gasteiger charge is -2.28. The fourth-order valence-electron chi connectivity index (χ4n) is 2.02. The van der Waals surface area contributed by atoms with Crippen LogP contribution in [0.3, 0.4) is 0 Å². The van der Waals surface area contributed by atoms with Crippen LogP contribution in [0.2, 0.25) is 0 Å². The maximum Gasteiger partial charge on any atom is 0.242 e. The van der Waals surface area contributed by atoms with E-state index < -0.39 is 21.4 Å². The Balaban J connectivity index is 2.33. The smallest absolute Gasteiger partial charge is 0.242 e. The van der Waals surface area contributed by atoms with Crippen LogP contribution >= 0.6 is 15.9 Å². The monoisotopic (exact) mass is 351 g/mol. The zero-order valence-corrected chi connectivity index (χ0v) is 13.0. The van der Waals surface area contributed by atoms with Gasteiger partial charge in [-0.1, -0.05) is 0 Å². The summed E-state index contributed by atoms with van der Waals surface area (Å²) in [5.74, 6) is -0.491. The van der Waals surface area contributed by atoms with Crippen molar-refractivity contribution in [2.45, 2.75) is 36.8 Å². The average Bonchev–Trinajstić information content (AvgIpc) is 2.57. The van der Waals surface area contributed by atoms with E-state index in [9.17, 15) is 12.8 Å². The highest BCUT2D eigenvalue weighted by atomic mass is 79.9. The highest BCUT2D eigenvalue weighted by molar-refractivity contribution is 9.10. The zero-order valence-electron chi connectivity index (χ0n) is 10.6. The first-order valence-corrected chi connectivity index (χ1v) is 8.13. The standard InChI is InChI=1S/C12H15BrFNO3S/c1-8-12(2,5-6-18-8)15-19(16,17)11-4-3-9(14)7-10(11)13/h3-4,7-8,15H,5-6H2,1-2H3. The van der Waals surface area contributed by atoms with Crippen LogP contribution in [-0.4, -0.2) is 26.7 Å². The molecule has 2 atom stereocenters. The van der Waals surface area contributed by atoms with E-state index in [2.05, 4.69) is 20.7 Å². The van der Waals surface area contributed by atoms with E-state index >= 15 is 0 Å². The Morgan fingerprint density at radius 2 is 2.21 bits per heavy atom. The topological polar surface area (TPSA) is 55.4 Å². The van der Waals surface area contributed by atoms with E-state index in [4.69, 9.17) is 4.74 Å². The second-order valence-electron chi connectivity index (χ2n) is 4.86. The summed E-state index contributed by atoms with van der Waals surface area (Å²) in [6.07, 6.45) is 0.396. The molecular formula is C12H15BrFNO3S. The summed E-state index contributed by atoms with van der Waals surface area (Å²) in [5.41, 5.74) is -0.646. The molecule has 1 heterocycles. The van der Waals surface area contributed by atoms with E-state index in [1.54, 1.807) is 6.92 Å². The van der Waals surface area contributed by atoms with Gasteiger partial charge in [0.2, 0.25) is 10.0 Å². The predicted molar refractivity (Wildman–Crippen MR) is 72.9 cm³/mol. The van der Waals surface area contributed by atoms with Crippen LogP contribution in [0.5, 0.6) is 0 Å². The number of rotatable bonds is 3. The van der Waals surface area contributed by atoms with Crippen molar-refractivity contribution < 1.29 is 17.5 Å². The summed E-state index contributed by atoms with van der Waals surface area (Å²) in [6, 6.07) is 3.49. The Morgan fingerprint density at radius 1 is 1.53 bits per heavy atom. The van der Waals surface area contributed by atoms with Crippen LogP contribution in [0.15, 0.2) is 27.6 Å². The lowest BCUT2D eigenvalue weighted by molar-refractivity contribution is 0.0957. The minimum atomic E-state index is -3.73. The highest BCUT2D eigenvalue weighted by Crippen LogP contribution is 2.29. The van der Waals surface area contributed by atoms with Gasteiger partial charge in [-0.05, 0) is 54.4 Å². The zero-order chi connectivity index (χ0) is 14.3. The largest absolute Gasteiger partial charge is 0.376 e. The van der Waals surface area contributed by atoms with Gasteiger partial charge in [0.1, 0.15) is 5.82 Å². The van der Waals surface area contributed by atoms with Crippen molar-refractivity contribution in [3.05, 3.63) is 28.5 Å². The first-order valence-electron chi connectivity index (χ1n) is 5.85. The van der Waals surface area contributed by atoms with Gasteiger partial charge in [-0.2, -0.15) is 0 Å². The third-order valence-electron chi connectivity index (χ3n) is 3.44. The third kappa shape index (κ3) is 2.99. The minimum Gasteiger partial charge on any atom is -0.376 e. The quantitative estimate of drug-likeness (QED) is 0.909. The van der Waals surface area contributed by atoms with Crippen LogP contribution in [-0.2, 0) is 14.8 Å². The maximum atomic E-state index is 13.0. The summed E-state index contributed by atoms with van der Waals surface area (Å²) >= 11 is 3.07. The van der Waals surface area contributed by atoms with Crippen LogP contribution < -0.4 is 4.72 Å². The number of hydrogen-bond donors (Lipinski definition) is 1. The van der Waals surface area contributed by atoms with E-state index in [1.165, 1.54) is 6.07 Å². The molecule has 0 amide bonds. The number of hydrogen-bond acceptors (Lipinski definition) is 3. The number of sulfonamides is 1. The molecule has 0 radical (unpaired) electrons. The molecule has 0 saturated carbocycles. The molecule has 0 spiro atoms. The van der Waals surface area contributed by atoms with Crippen LogP contribution in [0.25, 0.3) is 0 Å². The number of halogens is 2. The third-order valence-corrected chi connectivity index (χ3v) is 6.03. The molecule has 4 nitrogen and oxygen atoms in total. The van der Waals surface area contributed by atoms with Gasteiger partial charge in [-0.3, -0.25) is 0 Å². The molecule has 1 N–H and O–H groups in total. The molecule has 0 bridgehead atoms. The van der Waals surface area contributed by atoms with Crippen LogP contribution in [0.4, 0.5) is 4.39 Å². The van der Waals surface area contributed by atoms with Gasteiger partial charge < -0.3 is 4.74 Å². The summed E-state index contributed by atoms with van der Waals surface area (Å²) < 4.78 is 46.0. The van der Waals surface area contributed by atoms with Crippen molar-refractivity contribution in [1.29, 1.82) is 0 Å². The Kier molecular flexibility index (Phi) is 4.02. The summed E-state index contributed by atoms with van der Waals surface area (Å²) in [7, 11) is -3.73. The highest BCUT2D eigenvalue weighted by Gasteiger charge is 2.40. The summed E-state index contributed by atoms with van der Waals surface area (Å²) in [5, 5.41) is 0. The maximum absolute atomic E-state index is 13.0. The molecule has 7 heteroatoms. The van der Waals surface area contributed by atoms with Gasteiger partial charge in [-0.25, -0.2) is 17.5 Å². The second-order valence-corrected chi connectivity index (χ2v) is 7.37. The number of nitrogens with one attached hydrogen (secondary N) is 1. The lowest BCUT2D eigenvalue weighted by Crippen LogP contribution is -2.50. The van der Waals surface area contributed by atoms with E-state index in [0.717, 1.165) is 12.1 Å². The molecule has 1 aromatic rings. The van der Waals surface area contributed by atoms with Gasteiger partial charge in [0.05, 0.1) is 16.5 Å². The molecule has 19 heavy (non-hydrogen) atoms. The molecule has 106 valence electrons. The Hall–Kier alpha value is -0.500. The van der Waals surface area contributed by atoms with Crippen molar-refractivity contribution in [3.63, 3.8) is 0 Å². The Morgan fingerprint density at radius 3 is 2.74 bits per heavy atom. The van der Waals surface area contributed by atoms with E-state index in [0.29, 0.717) is 13.0 Å². The van der Waals surface area contributed by atoms with Crippen molar-refractivity contribution in [1.82, 2.24) is 4.72 Å². The number of benzene rings is 1. The second kappa shape index (κ2) is 5.12. The fraction of sp³-hybridized carbons (Fsp3) is 0.500. The SMILES string of the molecule is CC1OCCC1(C)NS(=O)(=O)c1ccc(F)cc1Br. The van der Waals surface area contributed by atoms with Gasteiger partial charge >= 0.3 is 0 Å². The first kappa shape index (κ1) is 14.9. The van der Waals surface area contributed by atoms with Crippen LogP contribution in [0, 0.1) is 5.82 Å². The molecule has 0 aromatic heterocycles. The normalized spacial score (nSPS) is 27.7. The van der Waals surface area contributed by atoms with Crippen molar-refractivity contribution >= 4 is 26.0 Å². The molecule has 1 aliphatic heterocycles. The molecule has 1 aliphatic rings. The summed E-state index contributed by atoms with van der Waals surface area (Å²) in [4.78, 5) is 0.0224.